The molecule has 6 nitrogen and oxygen atoms in total. The number of hydrogen-bond donors (Lipinski definition) is 2. The third kappa shape index (κ3) is 4.89. The molecular formula is C20H21FN6S. The van der Waals surface area contributed by atoms with Crippen LogP contribution in [0.1, 0.15) is 5.56 Å². The highest BCUT2D eigenvalue weighted by Gasteiger charge is 2.14. The van der Waals surface area contributed by atoms with Gasteiger partial charge in [0.15, 0.2) is 0 Å². The Morgan fingerprint density at radius 1 is 1.00 bits per heavy atom. The van der Waals surface area contributed by atoms with Crippen LogP contribution in [0.2, 0.25) is 0 Å². The van der Waals surface area contributed by atoms with E-state index in [1.54, 1.807) is 30.7 Å². The maximum absolute atomic E-state index is 13.1. The third-order valence-corrected chi connectivity index (χ3v) is 5.34. The predicted octanol–water partition coefficient (Wildman–Crippen LogP) is 3.92. The first-order chi connectivity index (χ1) is 13.8. The van der Waals surface area contributed by atoms with Gasteiger partial charge in [0.05, 0.1) is 6.20 Å². The lowest BCUT2D eigenvalue weighted by atomic mass is 10.2. The molecule has 2 N–H and O–H groups in total. The zero-order chi connectivity index (χ0) is 19.2. The van der Waals surface area contributed by atoms with Gasteiger partial charge < -0.3 is 15.5 Å². The zero-order valence-corrected chi connectivity index (χ0v) is 16.1. The Bertz CT molecular complexity index is 900. The average molecular weight is 396 g/mol. The lowest BCUT2D eigenvalue weighted by Crippen LogP contribution is -2.32. The Morgan fingerprint density at radius 2 is 1.79 bits per heavy atom. The number of pyridine rings is 1. The van der Waals surface area contributed by atoms with Gasteiger partial charge >= 0.3 is 0 Å². The first kappa shape index (κ1) is 18.5. The summed E-state index contributed by atoms with van der Waals surface area (Å²) >= 11 is 1.98. The number of benzene rings is 1. The van der Waals surface area contributed by atoms with Crippen molar-refractivity contribution in [2.45, 2.75) is 6.54 Å². The van der Waals surface area contributed by atoms with Crippen molar-refractivity contribution in [2.24, 2.45) is 0 Å². The van der Waals surface area contributed by atoms with Crippen LogP contribution in [0, 0.1) is 5.82 Å². The van der Waals surface area contributed by atoms with E-state index in [4.69, 9.17) is 0 Å². The number of anilines is 4. The highest BCUT2D eigenvalue weighted by Crippen LogP contribution is 2.26. The van der Waals surface area contributed by atoms with Gasteiger partial charge in [-0.2, -0.15) is 11.8 Å². The van der Waals surface area contributed by atoms with E-state index in [0.29, 0.717) is 18.2 Å². The molecule has 3 aromatic rings. The Kier molecular flexibility index (Phi) is 5.86. The van der Waals surface area contributed by atoms with Crippen LogP contribution < -0.4 is 15.5 Å². The molecule has 0 spiro atoms. The van der Waals surface area contributed by atoms with Gasteiger partial charge in [0.2, 0.25) is 0 Å². The summed E-state index contributed by atoms with van der Waals surface area (Å²) in [5.74, 6) is 4.11. The van der Waals surface area contributed by atoms with Gasteiger partial charge in [0, 0.05) is 61.4 Å². The molecule has 1 aliphatic rings. The lowest BCUT2D eigenvalue weighted by Gasteiger charge is -2.29. The van der Waals surface area contributed by atoms with E-state index in [1.165, 1.54) is 12.1 Å². The monoisotopic (exact) mass is 396 g/mol. The van der Waals surface area contributed by atoms with Gasteiger partial charge in [-0.05, 0) is 17.7 Å². The minimum atomic E-state index is -0.234. The number of nitrogens with zero attached hydrogens (tertiary/aromatic N) is 4. The number of rotatable bonds is 6. The molecule has 1 saturated heterocycles. The molecule has 0 aliphatic carbocycles. The summed E-state index contributed by atoms with van der Waals surface area (Å²) in [5.41, 5.74) is 2.11. The summed E-state index contributed by atoms with van der Waals surface area (Å²) in [7, 11) is 0. The molecule has 28 heavy (non-hydrogen) atoms. The fourth-order valence-corrected chi connectivity index (χ4v) is 3.87. The van der Waals surface area contributed by atoms with E-state index in [-0.39, 0.29) is 5.82 Å². The molecule has 1 aliphatic heterocycles. The zero-order valence-electron chi connectivity index (χ0n) is 15.3. The molecule has 144 valence electrons. The summed E-state index contributed by atoms with van der Waals surface area (Å²) in [5, 5.41) is 6.57. The normalized spacial score (nSPS) is 14.0. The standard InChI is InChI=1S/C20H21FN6S/c21-16-3-1-15(2-4-16)13-24-18-11-17(27-7-9-28-10-8-27)12-19(25-18)26-20-14-22-5-6-23-20/h1-6,11-12,14H,7-10,13H2,(H2,23,24,25,26). The number of halogens is 1. The maximum Gasteiger partial charge on any atom is 0.150 e. The van der Waals surface area contributed by atoms with Crippen LogP contribution in [-0.4, -0.2) is 39.5 Å². The van der Waals surface area contributed by atoms with Crippen LogP contribution in [0.3, 0.4) is 0 Å². The molecule has 0 saturated carbocycles. The van der Waals surface area contributed by atoms with Crippen molar-refractivity contribution in [2.75, 3.05) is 40.1 Å². The quantitative estimate of drug-likeness (QED) is 0.655. The van der Waals surface area contributed by atoms with Crippen LogP contribution in [0.4, 0.5) is 27.5 Å². The first-order valence-corrected chi connectivity index (χ1v) is 10.3. The molecule has 4 rings (SSSR count). The van der Waals surface area contributed by atoms with Crippen molar-refractivity contribution in [3.63, 3.8) is 0 Å². The Balaban J connectivity index is 1.56. The van der Waals surface area contributed by atoms with E-state index in [1.807, 2.05) is 17.8 Å². The molecule has 3 heterocycles. The molecule has 8 heteroatoms. The summed E-state index contributed by atoms with van der Waals surface area (Å²) in [4.78, 5) is 15.4. The Hall–Kier alpha value is -2.87. The van der Waals surface area contributed by atoms with Crippen molar-refractivity contribution in [3.8, 4) is 0 Å². The van der Waals surface area contributed by atoms with Gasteiger partial charge in [-0.3, -0.25) is 4.98 Å². The summed E-state index contributed by atoms with van der Waals surface area (Å²) in [6.45, 7) is 2.59. The van der Waals surface area contributed by atoms with Crippen molar-refractivity contribution < 1.29 is 4.39 Å². The molecule has 1 aromatic carbocycles. The van der Waals surface area contributed by atoms with Crippen LogP contribution in [0.25, 0.3) is 0 Å². The van der Waals surface area contributed by atoms with Crippen LogP contribution in [0.15, 0.2) is 55.0 Å². The fraction of sp³-hybridized carbons (Fsp3) is 0.250. The van der Waals surface area contributed by atoms with Crippen LogP contribution in [0.5, 0.6) is 0 Å². The highest BCUT2D eigenvalue weighted by molar-refractivity contribution is 7.99. The van der Waals surface area contributed by atoms with E-state index >= 15 is 0 Å². The van der Waals surface area contributed by atoms with Gasteiger partial charge in [-0.15, -0.1) is 0 Å². The van der Waals surface area contributed by atoms with E-state index in [0.717, 1.165) is 41.7 Å². The van der Waals surface area contributed by atoms with Crippen molar-refractivity contribution in [3.05, 3.63) is 66.4 Å². The molecule has 0 bridgehead atoms. The summed E-state index contributed by atoms with van der Waals surface area (Å²) in [6.07, 6.45) is 4.94. The molecular weight excluding hydrogens is 375 g/mol. The fourth-order valence-electron chi connectivity index (χ4n) is 2.96. The Labute approximate surface area is 167 Å². The van der Waals surface area contributed by atoms with E-state index in [2.05, 4.69) is 36.6 Å². The van der Waals surface area contributed by atoms with Gasteiger partial charge in [0.25, 0.3) is 0 Å². The lowest BCUT2D eigenvalue weighted by molar-refractivity contribution is 0.627. The Morgan fingerprint density at radius 3 is 2.54 bits per heavy atom. The predicted molar refractivity (Wildman–Crippen MR) is 113 cm³/mol. The number of nitrogens with one attached hydrogen (secondary N) is 2. The second-order valence-electron chi connectivity index (χ2n) is 6.39. The smallest absolute Gasteiger partial charge is 0.150 e. The van der Waals surface area contributed by atoms with Crippen molar-refractivity contribution in [1.82, 2.24) is 15.0 Å². The number of hydrogen-bond acceptors (Lipinski definition) is 7. The number of thioether (sulfide) groups is 1. The minimum Gasteiger partial charge on any atom is -0.370 e. The summed E-state index contributed by atoms with van der Waals surface area (Å²) in [6, 6.07) is 10.6. The maximum atomic E-state index is 13.1. The van der Waals surface area contributed by atoms with Crippen molar-refractivity contribution >= 4 is 34.9 Å². The van der Waals surface area contributed by atoms with E-state index < -0.39 is 0 Å². The van der Waals surface area contributed by atoms with E-state index in [9.17, 15) is 4.39 Å². The van der Waals surface area contributed by atoms with Crippen LogP contribution in [-0.2, 0) is 6.54 Å². The highest BCUT2D eigenvalue weighted by atomic mass is 32.2. The van der Waals surface area contributed by atoms with Crippen molar-refractivity contribution in [1.29, 1.82) is 0 Å². The molecule has 0 radical (unpaired) electrons. The molecule has 2 aromatic heterocycles. The van der Waals surface area contributed by atoms with Crippen LogP contribution >= 0.6 is 11.8 Å². The SMILES string of the molecule is Fc1ccc(CNc2cc(N3CCSCC3)cc(Nc3cnccn3)n2)cc1. The van der Waals surface area contributed by atoms with Gasteiger partial charge in [0.1, 0.15) is 23.3 Å². The molecule has 0 atom stereocenters. The molecule has 0 unspecified atom stereocenters. The number of aromatic nitrogens is 3. The largest absolute Gasteiger partial charge is 0.370 e. The molecule has 1 fully saturated rings. The minimum absolute atomic E-state index is 0.234. The first-order valence-electron chi connectivity index (χ1n) is 9.12. The van der Waals surface area contributed by atoms with Gasteiger partial charge in [-0.1, -0.05) is 12.1 Å². The second-order valence-corrected chi connectivity index (χ2v) is 7.62. The van der Waals surface area contributed by atoms with Gasteiger partial charge in [-0.25, -0.2) is 14.4 Å². The summed E-state index contributed by atoms with van der Waals surface area (Å²) < 4.78 is 13.1. The topological polar surface area (TPSA) is 66.0 Å². The third-order valence-electron chi connectivity index (χ3n) is 4.39. The second kappa shape index (κ2) is 8.88. The average Bonchev–Trinajstić information content (AvgIpc) is 2.75. The molecule has 0 amide bonds.